The first-order valence-electron chi connectivity index (χ1n) is 6.68. The molecule has 2 atom stereocenters. The van der Waals surface area contributed by atoms with Crippen LogP contribution in [0.4, 0.5) is 57.1 Å². The zero-order valence-corrected chi connectivity index (χ0v) is 13.2. The van der Waals surface area contributed by atoms with Crippen LogP contribution in [0.15, 0.2) is 12.7 Å². The largest absolute Gasteiger partial charge is 0.449 e. The summed E-state index contributed by atoms with van der Waals surface area (Å²) in [7, 11) is 0. The van der Waals surface area contributed by atoms with Crippen molar-refractivity contribution in [3.63, 3.8) is 0 Å². The second-order valence-electron chi connectivity index (χ2n) is 5.53. The molecule has 1 fully saturated rings. The quantitative estimate of drug-likeness (QED) is 0.373. The fourth-order valence-electron chi connectivity index (χ4n) is 2.18. The van der Waals surface area contributed by atoms with Gasteiger partial charge in [0.1, 0.15) is 6.61 Å². The standard InChI is InChI=1S/C12H7F13O4/c1-2-4(26)29-6(3-28-11(27,9(6,19)20)12(23,24)25)8(17,18)10(21,22)7(15,16)5(13)14/h2,5,27H,1,3H2. The highest BCUT2D eigenvalue weighted by Crippen LogP contribution is 2.64. The topological polar surface area (TPSA) is 55.8 Å². The Hall–Kier alpha value is -1.78. The van der Waals surface area contributed by atoms with Gasteiger partial charge in [0, 0.05) is 6.08 Å². The normalized spacial score (nSPS) is 28.5. The molecule has 1 N–H and O–H groups in total. The summed E-state index contributed by atoms with van der Waals surface area (Å²) in [6, 6.07) is 0. The molecule has 0 aromatic rings. The van der Waals surface area contributed by atoms with Crippen molar-refractivity contribution in [2.75, 3.05) is 6.61 Å². The van der Waals surface area contributed by atoms with Crippen LogP contribution >= 0.6 is 0 Å². The summed E-state index contributed by atoms with van der Waals surface area (Å²) in [5.41, 5.74) is -6.02. The van der Waals surface area contributed by atoms with E-state index in [-0.39, 0.29) is 6.08 Å². The van der Waals surface area contributed by atoms with Gasteiger partial charge < -0.3 is 14.6 Å². The molecule has 0 aromatic carbocycles. The zero-order valence-electron chi connectivity index (χ0n) is 13.2. The van der Waals surface area contributed by atoms with Crippen LogP contribution in [0, 0.1) is 0 Å². The maximum absolute atomic E-state index is 14.3. The molecule has 0 radical (unpaired) electrons. The van der Waals surface area contributed by atoms with E-state index in [1.54, 1.807) is 0 Å². The Morgan fingerprint density at radius 2 is 1.52 bits per heavy atom. The third-order valence-corrected chi connectivity index (χ3v) is 3.84. The first kappa shape index (κ1) is 25.3. The first-order valence-corrected chi connectivity index (χ1v) is 6.68. The SMILES string of the molecule is C=CC(=O)OC1(C(F)(F)C(F)(F)C(F)(F)C(F)F)COC(O)(C(F)(F)F)C1(F)F. The molecule has 1 heterocycles. The molecule has 170 valence electrons. The van der Waals surface area contributed by atoms with E-state index in [2.05, 4.69) is 16.1 Å². The van der Waals surface area contributed by atoms with Crippen LogP contribution in [0.5, 0.6) is 0 Å². The number of carbonyl (C=O) groups excluding carboxylic acids is 1. The minimum Gasteiger partial charge on any atom is -0.440 e. The van der Waals surface area contributed by atoms with Gasteiger partial charge >= 0.3 is 48.0 Å². The van der Waals surface area contributed by atoms with Gasteiger partial charge in [-0.05, 0) is 0 Å². The van der Waals surface area contributed by atoms with Gasteiger partial charge in [-0.1, -0.05) is 6.58 Å². The van der Waals surface area contributed by atoms with Crippen LogP contribution in [-0.4, -0.2) is 65.4 Å². The maximum atomic E-state index is 14.3. The molecule has 1 rings (SSSR count). The van der Waals surface area contributed by atoms with E-state index in [4.69, 9.17) is 5.11 Å². The summed E-state index contributed by atoms with van der Waals surface area (Å²) in [5, 5.41) is 8.99. The van der Waals surface area contributed by atoms with Gasteiger partial charge in [-0.15, -0.1) is 0 Å². The lowest BCUT2D eigenvalue weighted by Crippen LogP contribution is -2.76. The van der Waals surface area contributed by atoms with Gasteiger partial charge in [0.15, 0.2) is 0 Å². The highest BCUT2D eigenvalue weighted by molar-refractivity contribution is 5.82. The monoisotopic (exact) mass is 462 g/mol. The molecular weight excluding hydrogens is 455 g/mol. The molecule has 29 heavy (non-hydrogen) atoms. The first-order chi connectivity index (χ1) is 12.6. The van der Waals surface area contributed by atoms with Crippen molar-refractivity contribution >= 4 is 5.97 Å². The zero-order chi connectivity index (χ0) is 23.5. The number of halogens is 13. The number of hydrogen-bond donors (Lipinski definition) is 1. The molecule has 1 aliphatic rings. The number of aliphatic hydroxyl groups is 1. The molecule has 0 bridgehead atoms. The van der Waals surface area contributed by atoms with E-state index >= 15 is 0 Å². The molecule has 0 amide bonds. The molecule has 0 aliphatic carbocycles. The summed E-state index contributed by atoms with van der Waals surface area (Å²) >= 11 is 0. The second-order valence-corrected chi connectivity index (χ2v) is 5.53. The van der Waals surface area contributed by atoms with E-state index < -0.39 is 60.3 Å². The molecule has 0 aromatic heterocycles. The Balaban J connectivity index is 3.88. The van der Waals surface area contributed by atoms with Crippen molar-refractivity contribution < 1.29 is 76.5 Å². The number of esters is 1. The molecule has 1 aliphatic heterocycles. The third-order valence-electron chi connectivity index (χ3n) is 3.84. The predicted octanol–water partition coefficient (Wildman–Crippen LogP) is 3.54. The van der Waals surface area contributed by atoms with Crippen LogP contribution in [-0.2, 0) is 14.3 Å². The molecule has 2 unspecified atom stereocenters. The molecule has 1 saturated heterocycles. The van der Waals surface area contributed by atoms with E-state index in [0.717, 1.165) is 0 Å². The number of hydrogen-bond acceptors (Lipinski definition) is 4. The van der Waals surface area contributed by atoms with Crippen LogP contribution < -0.4 is 0 Å². The van der Waals surface area contributed by atoms with E-state index in [1.165, 1.54) is 0 Å². The van der Waals surface area contributed by atoms with Gasteiger partial charge in [-0.3, -0.25) is 0 Å². The molecule has 0 saturated carbocycles. The summed E-state index contributed by atoms with van der Waals surface area (Å²) in [5.74, 6) is -37.5. The average Bonchev–Trinajstić information content (AvgIpc) is 2.76. The van der Waals surface area contributed by atoms with Crippen LogP contribution in [0.2, 0.25) is 0 Å². The van der Waals surface area contributed by atoms with Gasteiger partial charge in [0.25, 0.3) is 5.60 Å². The summed E-state index contributed by atoms with van der Waals surface area (Å²) in [6.45, 7) is -0.713. The van der Waals surface area contributed by atoms with Gasteiger partial charge in [-0.2, -0.15) is 48.3 Å². The summed E-state index contributed by atoms with van der Waals surface area (Å²) in [6.07, 6.45) is -12.7. The van der Waals surface area contributed by atoms with E-state index in [1.807, 2.05) is 0 Å². The fourth-order valence-corrected chi connectivity index (χ4v) is 2.18. The van der Waals surface area contributed by atoms with E-state index in [0.29, 0.717) is 0 Å². The van der Waals surface area contributed by atoms with Gasteiger partial charge in [0.2, 0.25) is 0 Å². The van der Waals surface area contributed by atoms with Crippen molar-refractivity contribution in [3.05, 3.63) is 12.7 Å². The number of rotatable bonds is 6. The fraction of sp³-hybridized carbons (Fsp3) is 0.750. The lowest BCUT2D eigenvalue weighted by atomic mass is 9.81. The van der Waals surface area contributed by atoms with Crippen LogP contribution in [0.1, 0.15) is 0 Å². The van der Waals surface area contributed by atoms with Gasteiger partial charge in [0.05, 0.1) is 0 Å². The molecule has 4 nitrogen and oxygen atoms in total. The number of alkyl halides is 13. The van der Waals surface area contributed by atoms with Crippen molar-refractivity contribution in [2.45, 2.75) is 47.7 Å². The maximum Gasteiger partial charge on any atom is 0.449 e. The van der Waals surface area contributed by atoms with Crippen molar-refractivity contribution in [1.29, 1.82) is 0 Å². The summed E-state index contributed by atoms with van der Waals surface area (Å²) < 4.78 is 179. The highest BCUT2D eigenvalue weighted by Gasteiger charge is 2.95. The molecule has 17 heteroatoms. The van der Waals surface area contributed by atoms with Crippen molar-refractivity contribution in [1.82, 2.24) is 0 Å². The Bertz CT molecular complexity index is 673. The van der Waals surface area contributed by atoms with E-state index in [9.17, 15) is 61.9 Å². The Kier molecular flexibility index (Phi) is 5.76. The number of ether oxygens (including phenoxy) is 2. The van der Waals surface area contributed by atoms with Gasteiger partial charge in [-0.25, -0.2) is 13.6 Å². The summed E-state index contributed by atoms with van der Waals surface area (Å²) in [4.78, 5) is 11.1. The minimum atomic E-state index is -7.54. The van der Waals surface area contributed by atoms with Crippen molar-refractivity contribution in [3.8, 4) is 0 Å². The Morgan fingerprint density at radius 3 is 1.83 bits per heavy atom. The predicted molar refractivity (Wildman–Crippen MR) is 61.8 cm³/mol. The van der Waals surface area contributed by atoms with Crippen LogP contribution in [0.25, 0.3) is 0 Å². The van der Waals surface area contributed by atoms with Crippen LogP contribution in [0.3, 0.4) is 0 Å². The lowest BCUT2D eigenvalue weighted by molar-refractivity contribution is -0.432. The lowest BCUT2D eigenvalue weighted by Gasteiger charge is -2.44. The van der Waals surface area contributed by atoms with Crippen molar-refractivity contribution in [2.24, 2.45) is 0 Å². The number of carbonyl (C=O) groups is 1. The molecule has 0 spiro atoms. The average molecular weight is 462 g/mol. The Labute approximate surface area is 150 Å². The second kappa shape index (κ2) is 6.61. The highest BCUT2D eigenvalue weighted by atomic mass is 19.4. The minimum absolute atomic E-state index is 0.331. The Morgan fingerprint density at radius 1 is 1.07 bits per heavy atom. The molecular formula is C12H7F13O4. The third kappa shape index (κ3) is 2.95. The smallest absolute Gasteiger partial charge is 0.440 e.